The molecule has 1 heterocycles. The Balaban J connectivity index is 0. The van der Waals surface area contributed by atoms with Crippen molar-refractivity contribution in [1.82, 2.24) is 9.55 Å². The van der Waals surface area contributed by atoms with Crippen LogP contribution in [0.5, 0.6) is 0 Å². The van der Waals surface area contributed by atoms with Crippen LogP contribution in [0.3, 0.4) is 0 Å². The monoisotopic (exact) mass is 286 g/mol. The number of carbonyl (C=O) groups is 2. The first-order chi connectivity index (χ1) is 9.60. The molecule has 1 aromatic rings. The molecule has 0 spiro atoms. The summed E-state index contributed by atoms with van der Waals surface area (Å²) in [6.45, 7) is 3.40. The molecule has 0 aliphatic heterocycles. The quantitative estimate of drug-likeness (QED) is 0.594. The number of carbonyl (C=O) groups excluding carboxylic acids is 2. The number of hydrogen-bond acceptors (Lipinski definition) is 6. The molecule has 0 bridgehead atoms. The lowest BCUT2D eigenvalue weighted by Gasteiger charge is -1.86. The molecular weight excluding hydrogens is 260 g/mol. The Morgan fingerprint density at radius 1 is 1.50 bits per heavy atom. The molecule has 0 saturated heterocycles. The number of nitrogens with zero attached hydrogens (tertiary/aromatic N) is 2. The van der Waals surface area contributed by atoms with Gasteiger partial charge in [0.05, 0.1) is 0 Å². The molecule has 116 valence electrons. The number of methoxy groups -OCH3 is 1. The molecule has 7 heteroatoms. The standard InChI is InChI=1S/C6H9N3O.C4H9NO.C3H8O/c1-7-5-3-9(2)6(4-10)8-5;5-3-1-2-4-6;1-3-4-2/h3-4,7H,1-2H3;4H,1-3,5H2;3H2,1-2H3. The van der Waals surface area contributed by atoms with Crippen molar-refractivity contribution < 1.29 is 14.3 Å². The summed E-state index contributed by atoms with van der Waals surface area (Å²) in [6, 6.07) is 0. The van der Waals surface area contributed by atoms with Gasteiger partial charge in [0.25, 0.3) is 0 Å². The number of hydrogen-bond donors (Lipinski definition) is 2. The summed E-state index contributed by atoms with van der Waals surface area (Å²) >= 11 is 0. The fourth-order valence-corrected chi connectivity index (χ4v) is 0.912. The second-order valence-corrected chi connectivity index (χ2v) is 3.64. The largest absolute Gasteiger partial charge is 0.385 e. The second kappa shape index (κ2) is 15.3. The minimum atomic E-state index is 0.435. The smallest absolute Gasteiger partial charge is 0.185 e. The molecule has 3 N–H and O–H groups in total. The van der Waals surface area contributed by atoms with Crippen LogP contribution in [-0.4, -0.2) is 49.4 Å². The highest BCUT2D eigenvalue weighted by molar-refractivity contribution is 5.70. The Labute approximate surface area is 120 Å². The van der Waals surface area contributed by atoms with Gasteiger partial charge >= 0.3 is 0 Å². The van der Waals surface area contributed by atoms with Crippen molar-refractivity contribution in [1.29, 1.82) is 0 Å². The zero-order chi connectivity index (χ0) is 15.8. The first-order valence-electron chi connectivity index (χ1n) is 6.40. The molecule has 0 unspecified atom stereocenters. The molecule has 20 heavy (non-hydrogen) atoms. The maximum atomic E-state index is 10.2. The zero-order valence-corrected chi connectivity index (χ0v) is 12.8. The number of ether oxygens (including phenoxy) is 1. The highest BCUT2D eigenvalue weighted by Crippen LogP contribution is 2.02. The van der Waals surface area contributed by atoms with Crippen molar-refractivity contribution in [2.24, 2.45) is 12.8 Å². The van der Waals surface area contributed by atoms with E-state index in [1.807, 2.05) is 6.92 Å². The third-order valence-corrected chi connectivity index (χ3v) is 2.09. The second-order valence-electron chi connectivity index (χ2n) is 3.64. The lowest BCUT2D eigenvalue weighted by molar-refractivity contribution is -0.107. The highest BCUT2D eigenvalue weighted by atomic mass is 16.5. The van der Waals surface area contributed by atoms with Crippen LogP contribution in [0.1, 0.15) is 30.4 Å². The summed E-state index contributed by atoms with van der Waals surface area (Å²) in [4.78, 5) is 23.7. The third-order valence-electron chi connectivity index (χ3n) is 2.09. The number of unbranched alkanes of at least 4 members (excludes halogenated alkanes) is 1. The normalized spacial score (nSPS) is 8.65. The van der Waals surface area contributed by atoms with E-state index in [1.54, 1.807) is 32.0 Å². The van der Waals surface area contributed by atoms with Crippen LogP contribution in [-0.2, 0) is 16.6 Å². The lowest BCUT2D eigenvalue weighted by Crippen LogP contribution is -1.97. The van der Waals surface area contributed by atoms with Gasteiger partial charge < -0.3 is 25.1 Å². The van der Waals surface area contributed by atoms with Crippen molar-refractivity contribution >= 4 is 18.4 Å². The zero-order valence-electron chi connectivity index (χ0n) is 12.8. The number of nitrogens with one attached hydrogen (secondary N) is 1. The summed E-state index contributed by atoms with van der Waals surface area (Å²) in [5, 5.41) is 2.83. The summed E-state index contributed by atoms with van der Waals surface area (Å²) in [6.07, 6.45) is 4.79. The van der Waals surface area contributed by atoms with Crippen molar-refractivity contribution in [2.45, 2.75) is 19.8 Å². The topological polar surface area (TPSA) is 99.2 Å². The van der Waals surface area contributed by atoms with Gasteiger partial charge in [-0.15, -0.1) is 0 Å². The first kappa shape index (κ1) is 20.6. The maximum absolute atomic E-state index is 10.2. The Hall–Kier alpha value is -1.73. The summed E-state index contributed by atoms with van der Waals surface area (Å²) in [7, 11) is 5.22. The van der Waals surface area contributed by atoms with Crippen LogP contribution in [0, 0.1) is 0 Å². The molecule has 0 aromatic carbocycles. The van der Waals surface area contributed by atoms with E-state index in [-0.39, 0.29) is 0 Å². The Morgan fingerprint density at radius 3 is 2.30 bits per heavy atom. The van der Waals surface area contributed by atoms with E-state index in [1.165, 1.54) is 0 Å². The van der Waals surface area contributed by atoms with Gasteiger partial charge in [0, 0.05) is 40.4 Å². The SMILES string of the molecule is CCOC.CNc1cn(C)c(C=O)n1.NCCCC=O. The number of imidazole rings is 1. The van der Waals surface area contributed by atoms with Gasteiger partial charge in [0.15, 0.2) is 12.1 Å². The number of aldehydes is 2. The maximum Gasteiger partial charge on any atom is 0.185 e. The van der Waals surface area contributed by atoms with E-state index in [9.17, 15) is 9.59 Å². The van der Waals surface area contributed by atoms with Gasteiger partial charge in [-0.25, -0.2) is 4.98 Å². The van der Waals surface area contributed by atoms with Crippen LogP contribution >= 0.6 is 0 Å². The van der Waals surface area contributed by atoms with Crippen LogP contribution < -0.4 is 11.1 Å². The Morgan fingerprint density at radius 2 is 2.10 bits per heavy atom. The molecule has 0 amide bonds. The molecular formula is C13H26N4O3. The van der Waals surface area contributed by atoms with Gasteiger partial charge in [0.2, 0.25) is 0 Å². The summed E-state index contributed by atoms with van der Waals surface area (Å²) in [5.41, 5.74) is 5.06. The molecule has 0 aliphatic carbocycles. The molecule has 0 atom stereocenters. The lowest BCUT2D eigenvalue weighted by atomic mass is 10.3. The number of aromatic nitrogens is 2. The molecule has 7 nitrogen and oxygen atoms in total. The number of rotatable bonds is 6. The van der Waals surface area contributed by atoms with E-state index in [4.69, 9.17) is 5.73 Å². The predicted molar refractivity (Wildman–Crippen MR) is 80.0 cm³/mol. The van der Waals surface area contributed by atoms with Crippen molar-refractivity contribution in [3.8, 4) is 0 Å². The number of nitrogens with two attached hydrogens (primary N) is 1. The van der Waals surface area contributed by atoms with Crippen LogP contribution in [0.2, 0.25) is 0 Å². The van der Waals surface area contributed by atoms with Crippen molar-refractivity contribution in [3.05, 3.63) is 12.0 Å². The fraction of sp³-hybridized carbons (Fsp3) is 0.615. The van der Waals surface area contributed by atoms with Crippen LogP contribution in [0.25, 0.3) is 0 Å². The van der Waals surface area contributed by atoms with Gasteiger partial charge in [-0.3, -0.25) is 4.79 Å². The number of anilines is 1. The van der Waals surface area contributed by atoms with Gasteiger partial charge in [-0.2, -0.15) is 0 Å². The van der Waals surface area contributed by atoms with E-state index >= 15 is 0 Å². The molecule has 1 aromatic heterocycles. The van der Waals surface area contributed by atoms with Crippen molar-refractivity contribution in [2.75, 3.05) is 32.6 Å². The molecule has 0 saturated carbocycles. The van der Waals surface area contributed by atoms with E-state index in [0.29, 0.717) is 24.6 Å². The summed E-state index contributed by atoms with van der Waals surface area (Å²) in [5.74, 6) is 1.15. The Bertz CT molecular complexity index is 351. The van der Waals surface area contributed by atoms with Gasteiger partial charge in [-0.1, -0.05) is 0 Å². The van der Waals surface area contributed by atoms with Crippen molar-refractivity contribution in [3.63, 3.8) is 0 Å². The van der Waals surface area contributed by atoms with E-state index in [2.05, 4.69) is 15.0 Å². The van der Waals surface area contributed by atoms with E-state index < -0.39 is 0 Å². The molecule has 0 aliphatic rings. The van der Waals surface area contributed by atoms with Crippen LogP contribution in [0.4, 0.5) is 5.82 Å². The third kappa shape index (κ3) is 11.4. The minimum Gasteiger partial charge on any atom is -0.385 e. The molecule has 1 rings (SSSR count). The predicted octanol–water partition coefficient (Wildman–Crippen LogP) is 0.851. The fourth-order valence-electron chi connectivity index (χ4n) is 0.912. The average Bonchev–Trinajstić information content (AvgIpc) is 2.86. The molecule has 0 radical (unpaired) electrons. The molecule has 0 fully saturated rings. The van der Waals surface area contributed by atoms with Crippen LogP contribution in [0.15, 0.2) is 6.20 Å². The summed E-state index contributed by atoms with van der Waals surface area (Å²) < 4.78 is 6.21. The minimum absolute atomic E-state index is 0.435. The number of aryl methyl sites for hydroxylation is 1. The van der Waals surface area contributed by atoms with Gasteiger partial charge in [-0.05, 0) is 19.9 Å². The highest BCUT2D eigenvalue weighted by Gasteiger charge is 1.99. The van der Waals surface area contributed by atoms with E-state index in [0.717, 1.165) is 25.6 Å². The van der Waals surface area contributed by atoms with Gasteiger partial charge in [0.1, 0.15) is 12.1 Å². The first-order valence-corrected chi connectivity index (χ1v) is 6.40. The Kier molecular flexibility index (Phi) is 15.8. The average molecular weight is 286 g/mol.